The fourth-order valence-corrected chi connectivity index (χ4v) is 3.62. The molecule has 0 aliphatic rings. The number of hydrogen-bond acceptors (Lipinski definition) is 0. The SMILES string of the molecule is C=C(CCCCCCCCCCCCCCC)C(CC)CCC. The standard InChI is InChI=1S/C23H46/c1-5-8-9-10-11-12-13-14-15-16-17-18-19-21-22(4)23(7-3)20-6-2/h23H,4-21H2,1-3H3. The van der Waals surface area contributed by atoms with Crippen LogP contribution in [0.1, 0.15) is 130 Å². The number of unbranched alkanes of at least 4 members (excludes halogenated alkanes) is 12. The lowest BCUT2D eigenvalue weighted by Gasteiger charge is -2.17. The third-order valence-electron chi connectivity index (χ3n) is 5.31. The monoisotopic (exact) mass is 322 g/mol. The summed E-state index contributed by atoms with van der Waals surface area (Å²) in [5, 5.41) is 0. The number of allylic oxidation sites excluding steroid dienone is 1. The van der Waals surface area contributed by atoms with E-state index in [1.54, 1.807) is 0 Å². The summed E-state index contributed by atoms with van der Waals surface area (Å²) in [4.78, 5) is 0. The first kappa shape index (κ1) is 22.7. The summed E-state index contributed by atoms with van der Waals surface area (Å²) in [5.74, 6) is 0.789. The van der Waals surface area contributed by atoms with Crippen molar-refractivity contribution >= 4 is 0 Å². The molecule has 0 amide bonds. The van der Waals surface area contributed by atoms with Gasteiger partial charge >= 0.3 is 0 Å². The quantitative estimate of drug-likeness (QED) is 0.174. The van der Waals surface area contributed by atoms with Crippen LogP contribution < -0.4 is 0 Å². The van der Waals surface area contributed by atoms with Crippen LogP contribution in [0.3, 0.4) is 0 Å². The minimum atomic E-state index is 0.789. The average Bonchev–Trinajstić information content (AvgIpc) is 2.56. The van der Waals surface area contributed by atoms with Gasteiger partial charge in [-0.2, -0.15) is 0 Å². The van der Waals surface area contributed by atoms with E-state index in [2.05, 4.69) is 27.4 Å². The van der Waals surface area contributed by atoms with Gasteiger partial charge in [0.1, 0.15) is 0 Å². The molecule has 1 unspecified atom stereocenters. The zero-order valence-electron chi connectivity index (χ0n) is 16.8. The second-order valence-electron chi connectivity index (χ2n) is 7.54. The Morgan fingerprint density at radius 1 is 0.609 bits per heavy atom. The van der Waals surface area contributed by atoms with Crippen molar-refractivity contribution in [2.75, 3.05) is 0 Å². The van der Waals surface area contributed by atoms with Gasteiger partial charge in [-0.05, 0) is 31.6 Å². The third-order valence-corrected chi connectivity index (χ3v) is 5.31. The Morgan fingerprint density at radius 3 is 1.43 bits per heavy atom. The highest BCUT2D eigenvalue weighted by Crippen LogP contribution is 2.24. The van der Waals surface area contributed by atoms with Gasteiger partial charge in [-0.15, -0.1) is 0 Å². The van der Waals surface area contributed by atoms with Gasteiger partial charge in [-0.3, -0.25) is 0 Å². The molecular formula is C23H46. The molecule has 0 nitrogen and oxygen atoms in total. The zero-order chi connectivity index (χ0) is 17.2. The molecule has 0 saturated heterocycles. The van der Waals surface area contributed by atoms with Gasteiger partial charge < -0.3 is 0 Å². The third kappa shape index (κ3) is 15.0. The zero-order valence-corrected chi connectivity index (χ0v) is 16.8. The highest BCUT2D eigenvalue weighted by atomic mass is 14.1. The van der Waals surface area contributed by atoms with Gasteiger partial charge in [0.2, 0.25) is 0 Å². The van der Waals surface area contributed by atoms with Gasteiger partial charge in [-0.25, -0.2) is 0 Å². The lowest BCUT2D eigenvalue weighted by Crippen LogP contribution is -2.01. The van der Waals surface area contributed by atoms with Crippen LogP contribution in [0.15, 0.2) is 12.2 Å². The van der Waals surface area contributed by atoms with Crippen LogP contribution >= 0.6 is 0 Å². The highest BCUT2D eigenvalue weighted by Gasteiger charge is 2.08. The topological polar surface area (TPSA) is 0 Å². The minimum absolute atomic E-state index is 0.789. The minimum Gasteiger partial charge on any atom is -0.0996 e. The molecular weight excluding hydrogens is 276 g/mol. The molecule has 0 heteroatoms. The summed E-state index contributed by atoms with van der Waals surface area (Å²) < 4.78 is 0. The Balaban J connectivity index is 3.25. The maximum atomic E-state index is 4.34. The second-order valence-corrected chi connectivity index (χ2v) is 7.54. The molecule has 0 aromatic rings. The maximum absolute atomic E-state index is 4.34. The van der Waals surface area contributed by atoms with E-state index in [-0.39, 0.29) is 0 Å². The summed E-state index contributed by atoms with van der Waals surface area (Å²) in [6, 6.07) is 0. The predicted octanol–water partition coefficient (Wildman–Crippen LogP) is 8.85. The fourth-order valence-electron chi connectivity index (χ4n) is 3.62. The van der Waals surface area contributed by atoms with Crippen molar-refractivity contribution in [3.05, 3.63) is 12.2 Å². The van der Waals surface area contributed by atoms with Gasteiger partial charge in [0, 0.05) is 0 Å². The van der Waals surface area contributed by atoms with Gasteiger partial charge in [-0.1, -0.05) is 116 Å². The molecule has 0 fully saturated rings. The molecule has 0 rings (SSSR count). The Hall–Kier alpha value is -0.260. The molecule has 0 N–H and O–H groups in total. The normalized spacial score (nSPS) is 12.5. The van der Waals surface area contributed by atoms with Crippen LogP contribution in [0, 0.1) is 5.92 Å². The van der Waals surface area contributed by atoms with Crippen molar-refractivity contribution < 1.29 is 0 Å². The van der Waals surface area contributed by atoms with Crippen molar-refractivity contribution in [3.8, 4) is 0 Å². The summed E-state index contributed by atoms with van der Waals surface area (Å²) in [6.07, 6.45) is 23.9. The first-order valence-electron chi connectivity index (χ1n) is 10.9. The Kier molecular flexibility index (Phi) is 17.9. The summed E-state index contributed by atoms with van der Waals surface area (Å²) in [5.41, 5.74) is 1.53. The number of rotatable bonds is 18. The first-order chi connectivity index (χ1) is 11.3. The maximum Gasteiger partial charge on any atom is -0.0209 e. The van der Waals surface area contributed by atoms with Gasteiger partial charge in [0.25, 0.3) is 0 Å². The lowest BCUT2D eigenvalue weighted by atomic mass is 9.89. The molecule has 0 heterocycles. The summed E-state index contributed by atoms with van der Waals surface area (Å²) in [6.45, 7) is 11.2. The molecule has 0 bridgehead atoms. The van der Waals surface area contributed by atoms with E-state index in [4.69, 9.17) is 0 Å². The molecule has 1 atom stereocenters. The van der Waals surface area contributed by atoms with E-state index in [1.165, 1.54) is 115 Å². The molecule has 0 aromatic heterocycles. The number of hydrogen-bond donors (Lipinski definition) is 0. The van der Waals surface area contributed by atoms with Crippen LogP contribution in [0.5, 0.6) is 0 Å². The first-order valence-corrected chi connectivity index (χ1v) is 10.9. The Bertz CT molecular complexity index is 240. The van der Waals surface area contributed by atoms with E-state index in [0.29, 0.717) is 0 Å². The van der Waals surface area contributed by atoms with E-state index in [1.807, 2.05) is 0 Å². The van der Waals surface area contributed by atoms with Crippen LogP contribution in [0.2, 0.25) is 0 Å². The molecule has 0 spiro atoms. The molecule has 0 saturated carbocycles. The van der Waals surface area contributed by atoms with Crippen LogP contribution in [-0.2, 0) is 0 Å². The van der Waals surface area contributed by atoms with Gasteiger partial charge in [0.15, 0.2) is 0 Å². The predicted molar refractivity (Wildman–Crippen MR) is 108 cm³/mol. The average molecular weight is 323 g/mol. The van der Waals surface area contributed by atoms with Crippen LogP contribution in [0.4, 0.5) is 0 Å². The molecule has 138 valence electrons. The van der Waals surface area contributed by atoms with Crippen molar-refractivity contribution in [2.45, 2.75) is 130 Å². The van der Waals surface area contributed by atoms with Crippen molar-refractivity contribution in [2.24, 2.45) is 5.92 Å². The smallest absolute Gasteiger partial charge is 0.0209 e. The van der Waals surface area contributed by atoms with Crippen LogP contribution in [-0.4, -0.2) is 0 Å². The van der Waals surface area contributed by atoms with Gasteiger partial charge in [0.05, 0.1) is 0 Å². The van der Waals surface area contributed by atoms with E-state index in [0.717, 1.165) is 5.92 Å². The van der Waals surface area contributed by atoms with Crippen molar-refractivity contribution in [1.29, 1.82) is 0 Å². The summed E-state index contributed by atoms with van der Waals surface area (Å²) in [7, 11) is 0. The largest absolute Gasteiger partial charge is 0.0996 e. The molecule has 0 aliphatic heterocycles. The Labute approximate surface area is 148 Å². The Morgan fingerprint density at radius 2 is 1.04 bits per heavy atom. The van der Waals surface area contributed by atoms with Crippen LogP contribution in [0.25, 0.3) is 0 Å². The van der Waals surface area contributed by atoms with E-state index < -0.39 is 0 Å². The highest BCUT2D eigenvalue weighted by molar-refractivity contribution is 4.99. The van der Waals surface area contributed by atoms with E-state index >= 15 is 0 Å². The molecule has 0 aliphatic carbocycles. The second kappa shape index (κ2) is 18.1. The summed E-state index contributed by atoms with van der Waals surface area (Å²) >= 11 is 0. The van der Waals surface area contributed by atoms with Crippen molar-refractivity contribution in [3.63, 3.8) is 0 Å². The molecule has 0 radical (unpaired) electrons. The molecule has 0 aromatic carbocycles. The molecule has 23 heavy (non-hydrogen) atoms. The van der Waals surface area contributed by atoms with E-state index in [9.17, 15) is 0 Å². The van der Waals surface area contributed by atoms with Crippen molar-refractivity contribution in [1.82, 2.24) is 0 Å². The fraction of sp³-hybridized carbons (Fsp3) is 0.913. The lowest BCUT2D eigenvalue weighted by molar-refractivity contribution is 0.501.